The largest absolute Gasteiger partial charge is 0.342 e. The van der Waals surface area contributed by atoms with E-state index in [9.17, 15) is 9.18 Å². The van der Waals surface area contributed by atoms with E-state index in [1.807, 2.05) is 41.3 Å². The summed E-state index contributed by atoms with van der Waals surface area (Å²) in [6.07, 6.45) is 3.95. The molecule has 0 aliphatic carbocycles. The third kappa shape index (κ3) is 3.55. The molecule has 5 nitrogen and oxygen atoms in total. The molecule has 2 saturated heterocycles. The van der Waals surface area contributed by atoms with Gasteiger partial charge in [0.1, 0.15) is 5.82 Å². The van der Waals surface area contributed by atoms with Crippen molar-refractivity contribution in [2.24, 2.45) is 5.92 Å². The van der Waals surface area contributed by atoms with Crippen LogP contribution in [0.2, 0.25) is 0 Å². The van der Waals surface area contributed by atoms with Crippen molar-refractivity contribution < 1.29 is 9.18 Å². The molecule has 0 radical (unpaired) electrons. The Morgan fingerprint density at radius 2 is 1.67 bits per heavy atom. The second-order valence-electron chi connectivity index (χ2n) is 8.37. The molecule has 2 aliphatic heterocycles. The molecule has 1 amide bonds. The first-order valence-corrected chi connectivity index (χ1v) is 10.9. The van der Waals surface area contributed by atoms with E-state index in [1.54, 1.807) is 6.07 Å². The molecule has 2 fully saturated rings. The van der Waals surface area contributed by atoms with E-state index in [0.29, 0.717) is 18.0 Å². The Kier molecular flexibility index (Phi) is 5.15. The monoisotopic (exact) mass is 406 g/mol. The van der Waals surface area contributed by atoms with Crippen molar-refractivity contribution in [1.29, 1.82) is 0 Å². The van der Waals surface area contributed by atoms with Crippen molar-refractivity contribution in [3.8, 4) is 0 Å². The Bertz CT molecular complexity index is 1050. The van der Waals surface area contributed by atoms with Crippen molar-refractivity contribution >= 4 is 22.9 Å². The number of imidazole rings is 1. The van der Waals surface area contributed by atoms with Crippen LogP contribution in [0.4, 0.5) is 10.3 Å². The van der Waals surface area contributed by atoms with Crippen LogP contribution < -0.4 is 4.90 Å². The zero-order valence-electron chi connectivity index (χ0n) is 17.1. The lowest BCUT2D eigenvalue weighted by atomic mass is 9.95. The van der Waals surface area contributed by atoms with E-state index in [2.05, 4.69) is 9.47 Å². The second kappa shape index (κ2) is 8.09. The normalized spacial score (nSPS) is 17.8. The second-order valence-corrected chi connectivity index (χ2v) is 8.37. The summed E-state index contributed by atoms with van der Waals surface area (Å²) in [4.78, 5) is 21.9. The molecule has 2 aliphatic rings. The smallest absolute Gasteiger partial charge is 0.225 e. The molecular formula is C24H27FN4O. The van der Waals surface area contributed by atoms with E-state index < -0.39 is 0 Å². The fourth-order valence-electron chi connectivity index (χ4n) is 4.78. The lowest BCUT2D eigenvalue weighted by Gasteiger charge is -2.34. The predicted octanol–water partition coefficient (Wildman–Crippen LogP) is 4.06. The SMILES string of the molecule is O=C(C1CCN(c2nc3ccccc3n2Cc2ccccc2F)CC1)N1CCCC1. The van der Waals surface area contributed by atoms with Gasteiger partial charge in [0.25, 0.3) is 0 Å². The van der Waals surface area contributed by atoms with Crippen LogP contribution >= 0.6 is 0 Å². The van der Waals surface area contributed by atoms with Crippen LogP contribution in [-0.4, -0.2) is 46.5 Å². The van der Waals surface area contributed by atoms with Gasteiger partial charge in [-0.2, -0.15) is 0 Å². The lowest BCUT2D eigenvalue weighted by Crippen LogP contribution is -2.42. The molecule has 2 aromatic carbocycles. The highest BCUT2D eigenvalue weighted by atomic mass is 19.1. The molecule has 5 rings (SSSR count). The lowest BCUT2D eigenvalue weighted by molar-refractivity contribution is -0.135. The molecule has 1 aromatic heterocycles. The number of hydrogen-bond donors (Lipinski definition) is 0. The number of amides is 1. The summed E-state index contributed by atoms with van der Waals surface area (Å²) in [7, 11) is 0. The van der Waals surface area contributed by atoms with E-state index in [0.717, 1.165) is 68.8 Å². The molecule has 0 saturated carbocycles. The first kappa shape index (κ1) is 19.1. The highest BCUT2D eigenvalue weighted by Gasteiger charge is 2.31. The zero-order valence-corrected chi connectivity index (χ0v) is 17.1. The average molecular weight is 407 g/mol. The number of para-hydroxylation sites is 2. The number of fused-ring (bicyclic) bond motifs is 1. The fraction of sp³-hybridized carbons (Fsp3) is 0.417. The summed E-state index contributed by atoms with van der Waals surface area (Å²) in [6.45, 7) is 3.86. The number of aromatic nitrogens is 2. The van der Waals surface area contributed by atoms with Gasteiger partial charge in [0.05, 0.1) is 17.6 Å². The van der Waals surface area contributed by atoms with Crippen molar-refractivity contribution in [3.05, 3.63) is 59.9 Å². The summed E-state index contributed by atoms with van der Waals surface area (Å²) >= 11 is 0. The highest BCUT2D eigenvalue weighted by Crippen LogP contribution is 2.29. The molecule has 3 aromatic rings. The fourth-order valence-corrected chi connectivity index (χ4v) is 4.78. The number of nitrogens with zero attached hydrogens (tertiary/aromatic N) is 4. The average Bonchev–Trinajstić information content (AvgIpc) is 3.44. The predicted molar refractivity (Wildman–Crippen MR) is 116 cm³/mol. The van der Waals surface area contributed by atoms with Crippen LogP contribution in [0, 0.1) is 11.7 Å². The first-order valence-electron chi connectivity index (χ1n) is 10.9. The van der Waals surface area contributed by atoms with Gasteiger partial charge in [-0.25, -0.2) is 9.37 Å². The number of carbonyl (C=O) groups is 1. The van der Waals surface area contributed by atoms with E-state index in [-0.39, 0.29) is 11.7 Å². The number of anilines is 1. The number of halogens is 1. The van der Waals surface area contributed by atoms with Gasteiger partial charge < -0.3 is 14.4 Å². The van der Waals surface area contributed by atoms with Gasteiger partial charge in [-0.3, -0.25) is 4.79 Å². The number of benzene rings is 2. The Morgan fingerprint density at radius 1 is 0.967 bits per heavy atom. The molecule has 6 heteroatoms. The van der Waals surface area contributed by atoms with Gasteiger partial charge in [0, 0.05) is 37.7 Å². The van der Waals surface area contributed by atoms with Gasteiger partial charge in [0.15, 0.2) is 0 Å². The Hall–Kier alpha value is -2.89. The molecule has 0 unspecified atom stereocenters. The van der Waals surface area contributed by atoms with Crippen LogP contribution in [0.3, 0.4) is 0 Å². The molecule has 3 heterocycles. The molecule has 0 N–H and O–H groups in total. The topological polar surface area (TPSA) is 41.4 Å². The quantitative estimate of drug-likeness (QED) is 0.656. The van der Waals surface area contributed by atoms with Gasteiger partial charge in [-0.1, -0.05) is 30.3 Å². The van der Waals surface area contributed by atoms with E-state index in [1.165, 1.54) is 6.07 Å². The number of piperidine rings is 1. The van der Waals surface area contributed by atoms with Gasteiger partial charge in [0.2, 0.25) is 11.9 Å². The minimum atomic E-state index is -0.198. The molecule has 0 spiro atoms. The van der Waals surface area contributed by atoms with Crippen LogP contribution in [-0.2, 0) is 11.3 Å². The summed E-state index contributed by atoms with van der Waals surface area (Å²) in [5.74, 6) is 1.11. The minimum Gasteiger partial charge on any atom is -0.342 e. The number of hydrogen-bond acceptors (Lipinski definition) is 3. The molecule has 156 valence electrons. The summed E-state index contributed by atoms with van der Waals surface area (Å²) in [5, 5.41) is 0. The van der Waals surface area contributed by atoms with Crippen molar-refractivity contribution in [1.82, 2.24) is 14.5 Å². The Balaban J connectivity index is 1.39. The van der Waals surface area contributed by atoms with E-state index in [4.69, 9.17) is 4.98 Å². The van der Waals surface area contributed by atoms with Crippen LogP contribution in [0.1, 0.15) is 31.2 Å². The maximum absolute atomic E-state index is 14.4. The molecule has 0 bridgehead atoms. The van der Waals surface area contributed by atoms with Gasteiger partial charge in [-0.05, 0) is 43.9 Å². The third-order valence-corrected chi connectivity index (χ3v) is 6.47. The maximum Gasteiger partial charge on any atom is 0.225 e. The van der Waals surface area contributed by atoms with Crippen molar-refractivity contribution in [3.63, 3.8) is 0 Å². The highest BCUT2D eigenvalue weighted by molar-refractivity contribution is 5.80. The Morgan fingerprint density at radius 3 is 2.43 bits per heavy atom. The summed E-state index contributed by atoms with van der Waals surface area (Å²) < 4.78 is 16.5. The Labute approximate surface area is 176 Å². The summed E-state index contributed by atoms with van der Waals surface area (Å²) in [6, 6.07) is 14.9. The maximum atomic E-state index is 14.4. The third-order valence-electron chi connectivity index (χ3n) is 6.47. The molecule has 30 heavy (non-hydrogen) atoms. The zero-order chi connectivity index (χ0) is 20.5. The first-order chi connectivity index (χ1) is 14.7. The molecule has 0 atom stereocenters. The van der Waals surface area contributed by atoms with Crippen LogP contribution in [0.5, 0.6) is 0 Å². The summed E-state index contributed by atoms with van der Waals surface area (Å²) in [5.41, 5.74) is 2.58. The van der Waals surface area contributed by atoms with Gasteiger partial charge in [-0.15, -0.1) is 0 Å². The van der Waals surface area contributed by atoms with E-state index >= 15 is 0 Å². The number of carbonyl (C=O) groups excluding carboxylic acids is 1. The van der Waals surface area contributed by atoms with Crippen molar-refractivity contribution in [2.45, 2.75) is 32.2 Å². The molecular weight excluding hydrogens is 379 g/mol. The number of rotatable bonds is 4. The van der Waals surface area contributed by atoms with Gasteiger partial charge >= 0.3 is 0 Å². The van der Waals surface area contributed by atoms with Crippen molar-refractivity contribution in [2.75, 3.05) is 31.1 Å². The minimum absolute atomic E-state index is 0.115. The van der Waals surface area contributed by atoms with Crippen LogP contribution in [0.15, 0.2) is 48.5 Å². The number of likely N-dealkylation sites (tertiary alicyclic amines) is 1. The standard InChI is InChI=1S/C24H27FN4O/c25-20-8-2-1-7-19(20)17-29-22-10-4-3-9-21(22)26-24(29)28-15-11-18(12-16-28)23(30)27-13-5-6-14-27/h1-4,7-10,18H,5-6,11-17H2. The van der Waals surface area contributed by atoms with Crippen LogP contribution in [0.25, 0.3) is 11.0 Å².